The first-order chi connectivity index (χ1) is 7.84. The zero-order valence-electron chi connectivity index (χ0n) is 9.61. The van der Waals surface area contributed by atoms with Gasteiger partial charge in [0.25, 0.3) is 0 Å². The first kappa shape index (κ1) is 12.3. The fraction of sp³-hybridized carbons (Fsp3) is 0.583. The number of hydrogen-bond acceptors (Lipinski definition) is 4. The Morgan fingerprint density at radius 1 is 1.44 bits per heavy atom. The van der Waals surface area contributed by atoms with Crippen LogP contribution in [0.25, 0.3) is 0 Å². The van der Waals surface area contributed by atoms with Crippen molar-refractivity contribution in [3.05, 3.63) is 29.6 Å². The molecule has 16 heavy (non-hydrogen) atoms. The molecule has 0 bridgehead atoms. The van der Waals surface area contributed by atoms with Gasteiger partial charge in [0.2, 0.25) is 0 Å². The zero-order valence-corrected chi connectivity index (χ0v) is 11.2. The van der Waals surface area contributed by atoms with Gasteiger partial charge < -0.3 is 5.32 Å². The van der Waals surface area contributed by atoms with Gasteiger partial charge in [-0.3, -0.25) is 4.98 Å². The quantitative estimate of drug-likeness (QED) is 0.891. The summed E-state index contributed by atoms with van der Waals surface area (Å²) in [7, 11) is 0. The van der Waals surface area contributed by atoms with E-state index in [-0.39, 0.29) is 0 Å². The Bertz CT molecular complexity index is 307. The van der Waals surface area contributed by atoms with Gasteiger partial charge in [-0.25, -0.2) is 0 Å². The lowest BCUT2D eigenvalue weighted by atomic mass is 10.2. The van der Waals surface area contributed by atoms with E-state index in [2.05, 4.69) is 46.0 Å². The Hall–Kier alpha value is -0.190. The predicted molar refractivity (Wildman–Crippen MR) is 74.3 cm³/mol. The molecule has 0 saturated carbocycles. The van der Waals surface area contributed by atoms with Crippen LogP contribution in [0.3, 0.4) is 0 Å². The van der Waals surface area contributed by atoms with Gasteiger partial charge in [0.1, 0.15) is 0 Å². The van der Waals surface area contributed by atoms with Crippen molar-refractivity contribution in [2.45, 2.75) is 18.7 Å². The second-order valence-electron chi connectivity index (χ2n) is 4.01. The van der Waals surface area contributed by atoms with E-state index in [0.717, 1.165) is 24.0 Å². The number of pyridine rings is 1. The SMILES string of the molecule is Cc1ccc(CNCC2CSCCS2)cn1. The van der Waals surface area contributed by atoms with Gasteiger partial charge in [0, 0.05) is 47.5 Å². The van der Waals surface area contributed by atoms with Crippen LogP contribution < -0.4 is 5.32 Å². The topological polar surface area (TPSA) is 24.9 Å². The van der Waals surface area contributed by atoms with Crippen LogP contribution in [0.4, 0.5) is 0 Å². The molecule has 0 spiro atoms. The van der Waals surface area contributed by atoms with Gasteiger partial charge in [-0.05, 0) is 18.6 Å². The van der Waals surface area contributed by atoms with Crippen LogP contribution in [-0.2, 0) is 6.54 Å². The molecule has 1 fully saturated rings. The third kappa shape index (κ3) is 4.00. The van der Waals surface area contributed by atoms with Crippen LogP contribution in [0.1, 0.15) is 11.3 Å². The minimum Gasteiger partial charge on any atom is -0.311 e. The largest absolute Gasteiger partial charge is 0.311 e. The minimum atomic E-state index is 0.789. The van der Waals surface area contributed by atoms with E-state index >= 15 is 0 Å². The van der Waals surface area contributed by atoms with E-state index in [0.29, 0.717) is 0 Å². The molecule has 1 N–H and O–H groups in total. The van der Waals surface area contributed by atoms with Crippen LogP contribution >= 0.6 is 23.5 Å². The van der Waals surface area contributed by atoms with E-state index in [1.165, 1.54) is 22.8 Å². The molecule has 0 radical (unpaired) electrons. The predicted octanol–water partition coefficient (Wildman–Crippen LogP) is 2.33. The molecule has 0 aliphatic carbocycles. The molecule has 2 nitrogen and oxygen atoms in total. The summed E-state index contributed by atoms with van der Waals surface area (Å²) in [5.74, 6) is 3.93. The van der Waals surface area contributed by atoms with Crippen LogP contribution in [0, 0.1) is 6.92 Å². The van der Waals surface area contributed by atoms with Crippen LogP contribution in [0.5, 0.6) is 0 Å². The number of rotatable bonds is 4. The number of nitrogens with one attached hydrogen (secondary N) is 1. The van der Waals surface area contributed by atoms with Crippen molar-refractivity contribution < 1.29 is 0 Å². The molecule has 1 unspecified atom stereocenters. The maximum atomic E-state index is 4.30. The number of aryl methyl sites for hydroxylation is 1. The monoisotopic (exact) mass is 254 g/mol. The second kappa shape index (κ2) is 6.52. The molecule has 1 saturated heterocycles. The molecule has 2 rings (SSSR count). The summed E-state index contributed by atoms with van der Waals surface area (Å²) < 4.78 is 0. The lowest BCUT2D eigenvalue weighted by molar-refractivity contribution is 0.684. The van der Waals surface area contributed by atoms with Gasteiger partial charge in [-0.2, -0.15) is 23.5 Å². The van der Waals surface area contributed by atoms with Crippen molar-refractivity contribution in [3.63, 3.8) is 0 Å². The van der Waals surface area contributed by atoms with E-state index < -0.39 is 0 Å². The third-order valence-electron chi connectivity index (χ3n) is 2.56. The van der Waals surface area contributed by atoms with E-state index in [1.807, 2.05) is 13.1 Å². The minimum absolute atomic E-state index is 0.789. The fourth-order valence-corrected chi connectivity index (χ4v) is 4.28. The number of aromatic nitrogens is 1. The molecule has 1 aromatic heterocycles. The summed E-state index contributed by atoms with van der Waals surface area (Å²) in [6, 6.07) is 4.22. The summed E-state index contributed by atoms with van der Waals surface area (Å²) in [4.78, 5) is 4.30. The normalized spacial score (nSPS) is 20.9. The van der Waals surface area contributed by atoms with Gasteiger partial charge in [-0.1, -0.05) is 6.07 Å². The Morgan fingerprint density at radius 2 is 2.38 bits per heavy atom. The first-order valence-electron chi connectivity index (χ1n) is 5.66. The lowest BCUT2D eigenvalue weighted by Gasteiger charge is -2.21. The van der Waals surface area contributed by atoms with E-state index in [1.54, 1.807) is 0 Å². The second-order valence-corrected chi connectivity index (χ2v) is 6.56. The first-order valence-corrected chi connectivity index (χ1v) is 7.86. The molecule has 1 atom stereocenters. The van der Waals surface area contributed by atoms with Crippen molar-refractivity contribution >= 4 is 23.5 Å². The maximum absolute atomic E-state index is 4.30. The molecule has 88 valence electrons. The third-order valence-corrected chi connectivity index (χ3v) is 5.40. The number of thioether (sulfide) groups is 2. The summed E-state index contributed by atoms with van der Waals surface area (Å²) in [5.41, 5.74) is 2.36. The van der Waals surface area contributed by atoms with Crippen molar-refractivity contribution in [2.24, 2.45) is 0 Å². The molecular formula is C12H18N2S2. The van der Waals surface area contributed by atoms with Crippen molar-refractivity contribution in [1.29, 1.82) is 0 Å². The molecular weight excluding hydrogens is 236 g/mol. The Labute approximate surface area is 106 Å². The zero-order chi connectivity index (χ0) is 11.2. The summed E-state index contributed by atoms with van der Waals surface area (Å²) >= 11 is 4.18. The van der Waals surface area contributed by atoms with Gasteiger partial charge >= 0.3 is 0 Å². The summed E-state index contributed by atoms with van der Waals surface area (Å²) in [5, 5.41) is 4.31. The Kier molecular flexibility index (Phi) is 5.00. The lowest BCUT2D eigenvalue weighted by Crippen LogP contribution is -2.28. The van der Waals surface area contributed by atoms with Gasteiger partial charge in [0.15, 0.2) is 0 Å². The molecule has 4 heteroatoms. The van der Waals surface area contributed by atoms with Gasteiger partial charge in [-0.15, -0.1) is 0 Å². The van der Waals surface area contributed by atoms with Crippen molar-refractivity contribution in [3.8, 4) is 0 Å². The highest BCUT2D eigenvalue weighted by atomic mass is 32.2. The standard InChI is InChI=1S/C12H18N2S2/c1-10-2-3-11(7-14-10)6-13-8-12-9-15-4-5-16-12/h2-3,7,12-13H,4-6,8-9H2,1H3. The molecule has 0 amide bonds. The van der Waals surface area contributed by atoms with Crippen LogP contribution in [0.2, 0.25) is 0 Å². The van der Waals surface area contributed by atoms with Crippen LogP contribution in [-0.4, -0.2) is 34.0 Å². The molecule has 1 aliphatic rings. The Balaban J connectivity index is 1.69. The number of nitrogens with zero attached hydrogens (tertiary/aromatic N) is 1. The Morgan fingerprint density at radius 3 is 3.06 bits per heavy atom. The maximum Gasteiger partial charge on any atom is 0.0372 e. The molecule has 1 aliphatic heterocycles. The van der Waals surface area contributed by atoms with Crippen molar-refractivity contribution in [1.82, 2.24) is 10.3 Å². The highest BCUT2D eigenvalue weighted by Gasteiger charge is 2.13. The molecule has 2 heterocycles. The average molecular weight is 254 g/mol. The molecule has 0 aromatic carbocycles. The highest BCUT2D eigenvalue weighted by molar-refractivity contribution is 8.06. The molecule has 1 aromatic rings. The fourth-order valence-electron chi connectivity index (χ4n) is 1.63. The van der Waals surface area contributed by atoms with Crippen LogP contribution in [0.15, 0.2) is 18.3 Å². The van der Waals surface area contributed by atoms with Crippen molar-refractivity contribution in [2.75, 3.05) is 23.8 Å². The average Bonchev–Trinajstić information content (AvgIpc) is 2.33. The van der Waals surface area contributed by atoms with E-state index in [4.69, 9.17) is 0 Å². The smallest absolute Gasteiger partial charge is 0.0372 e. The van der Waals surface area contributed by atoms with E-state index in [9.17, 15) is 0 Å². The number of hydrogen-bond donors (Lipinski definition) is 1. The highest BCUT2D eigenvalue weighted by Crippen LogP contribution is 2.23. The van der Waals surface area contributed by atoms with Gasteiger partial charge in [0.05, 0.1) is 0 Å². The summed E-state index contributed by atoms with van der Waals surface area (Å²) in [6.45, 7) is 4.08. The summed E-state index contributed by atoms with van der Waals surface area (Å²) in [6.07, 6.45) is 1.96.